The number of nitrogens with one attached hydrogen (secondary N) is 1. The van der Waals surface area contributed by atoms with Crippen molar-refractivity contribution in [2.45, 2.75) is 31.1 Å². The number of carbonyl (C=O) groups is 1. The zero-order valence-electron chi connectivity index (χ0n) is 20.9. The van der Waals surface area contributed by atoms with Gasteiger partial charge in [-0.05, 0) is 54.9 Å². The van der Waals surface area contributed by atoms with E-state index < -0.39 is 16.1 Å². The van der Waals surface area contributed by atoms with Gasteiger partial charge in [0.1, 0.15) is 5.82 Å². The monoisotopic (exact) mass is 544 g/mol. The number of hydrogen-bond donors (Lipinski definition) is 1. The Labute approximate surface area is 244 Å². The van der Waals surface area contributed by atoms with Gasteiger partial charge in [-0.2, -0.15) is 0 Å². The fraction of sp³-hybridized carbons (Fsp3) is 0.185. The molecular formula is C27H26ClN4NaO3S. The number of carbonyl (C=O) groups excluding carboxylic acids is 1. The molecule has 0 radical (unpaired) electrons. The third-order valence-electron chi connectivity index (χ3n) is 5.54. The van der Waals surface area contributed by atoms with Crippen LogP contribution in [0.4, 0.5) is 4.79 Å². The molecule has 0 fully saturated rings. The van der Waals surface area contributed by atoms with Crippen LogP contribution in [0.1, 0.15) is 31.2 Å². The molecular weight excluding hydrogens is 519 g/mol. The summed E-state index contributed by atoms with van der Waals surface area (Å²) in [4.78, 5) is 16.8. The molecule has 0 aliphatic carbocycles. The van der Waals surface area contributed by atoms with Crippen LogP contribution in [0.25, 0.3) is 21.7 Å². The predicted molar refractivity (Wildman–Crippen MR) is 142 cm³/mol. The summed E-state index contributed by atoms with van der Waals surface area (Å²) in [5.74, 6) is 1.21. The first kappa shape index (κ1) is 28.9. The fourth-order valence-electron chi connectivity index (χ4n) is 3.69. The van der Waals surface area contributed by atoms with Gasteiger partial charge >= 0.3 is 29.6 Å². The number of imidazole rings is 1. The van der Waals surface area contributed by atoms with Gasteiger partial charge in [0.15, 0.2) is 6.03 Å². The van der Waals surface area contributed by atoms with Gasteiger partial charge in [0.2, 0.25) is 10.0 Å². The Bertz CT molecular complexity index is 1440. The molecule has 0 saturated heterocycles. The first-order valence-electron chi connectivity index (χ1n) is 11.5. The molecule has 0 saturated carbocycles. The van der Waals surface area contributed by atoms with Gasteiger partial charge in [-0.1, -0.05) is 67.9 Å². The largest absolute Gasteiger partial charge is 1.00 e. The number of hydrogen-bond acceptors (Lipinski definition) is 4. The van der Waals surface area contributed by atoms with E-state index in [0.29, 0.717) is 11.4 Å². The molecule has 0 aliphatic rings. The van der Waals surface area contributed by atoms with E-state index in [9.17, 15) is 13.2 Å². The average Bonchev–Trinajstić information content (AvgIpc) is 3.31. The van der Waals surface area contributed by atoms with Crippen molar-refractivity contribution in [1.29, 1.82) is 0 Å². The first-order valence-corrected chi connectivity index (χ1v) is 13.3. The van der Waals surface area contributed by atoms with Crippen molar-refractivity contribution in [1.82, 2.24) is 14.9 Å². The minimum atomic E-state index is -4.09. The minimum absolute atomic E-state index is 0. The zero-order chi connectivity index (χ0) is 25.7. The van der Waals surface area contributed by atoms with Gasteiger partial charge in [-0.3, -0.25) is 4.79 Å². The second kappa shape index (κ2) is 12.8. The zero-order valence-corrected chi connectivity index (χ0v) is 24.5. The molecule has 1 aromatic heterocycles. The minimum Gasteiger partial charge on any atom is -0.448 e. The molecule has 4 rings (SSSR count). The summed E-state index contributed by atoms with van der Waals surface area (Å²) in [6, 6.07) is 22.6. The number of aromatic nitrogens is 2. The summed E-state index contributed by atoms with van der Waals surface area (Å²) in [6.07, 6.45) is 2.57. The van der Waals surface area contributed by atoms with Crippen LogP contribution < -0.4 is 34.9 Å². The summed E-state index contributed by atoms with van der Waals surface area (Å²) < 4.78 is 29.9. The normalized spacial score (nSPS) is 11.1. The van der Waals surface area contributed by atoms with Crippen molar-refractivity contribution in [2.24, 2.45) is 0 Å². The summed E-state index contributed by atoms with van der Waals surface area (Å²) in [7, 11) is -4.09. The van der Waals surface area contributed by atoms with E-state index in [4.69, 9.17) is 16.6 Å². The van der Waals surface area contributed by atoms with Gasteiger partial charge in [0.05, 0.1) is 10.6 Å². The Kier molecular flexibility index (Phi) is 9.98. The van der Waals surface area contributed by atoms with Crippen molar-refractivity contribution >= 4 is 27.7 Å². The molecule has 10 heteroatoms. The summed E-state index contributed by atoms with van der Waals surface area (Å²) in [5.41, 5.74) is 3.97. The van der Waals surface area contributed by atoms with Crippen LogP contribution in [0.15, 0.2) is 90.0 Å². The summed E-state index contributed by atoms with van der Waals surface area (Å²) in [6.45, 7) is 4.48. The van der Waals surface area contributed by atoms with Gasteiger partial charge in [-0.25, -0.2) is 13.4 Å². The van der Waals surface area contributed by atoms with Gasteiger partial charge in [0, 0.05) is 28.4 Å². The smallest absolute Gasteiger partial charge is 0.448 e. The Hall–Kier alpha value is -2.62. The Balaban J connectivity index is 0.00000380. The molecule has 0 atom stereocenters. The topological polar surface area (TPSA) is 95.2 Å². The number of amides is 2. The number of halogens is 1. The van der Waals surface area contributed by atoms with E-state index in [2.05, 4.69) is 28.5 Å². The molecule has 0 spiro atoms. The third kappa shape index (κ3) is 7.46. The van der Waals surface area contributed by atoms with E-state index in [0.717, 1.165) is 28.3 Å². The quantitative estimate of drug-likeness (QED) is 0.344. The van der Waals surface area contributed by atoms with Crippen LogP contribution in [-0.2, 0) is 16.4 Å². The molecule has 3 aromatic carbocycles. The molecule has 1 heterocycles. The average molecular weight is 545 g/mol. The molecule has 4 aromatic rings. The van der Waals surface area contributed by atoms with Gasteiger partial charge in [-0.15, -0.1) is 0 Å². The van der Waals surface area contributed by atoms with Crippen molar-refractivity contribution < 1.29 is 42.8 Å². The first-order chi connectivity index (χ1) is 17.2. The van der Waals surface area contributed by atoms with Crippen molar-refractivity contribution in [3.63, 3.8) is 0 Å². The van der Waals surface area contributed by atoms with Crippen molar-refractivity contribution in [3.05, 3.63) is 106 Å². The molecule has 0 unspecified atom stereocenters. The number of nitrogens with zero attached hydrogens (tertiary/aromatic N) is 3. The standard InChI is InChI=1S/C27H27ClN4O3S.Na/c1-19(2)26-30-25(21-6-4-3-5-7-21)18-32(26)23-12-8-20(9-13-23)16-17-29-27(33)31-36(34,35)24-14-10-22(28)11-15-24;/h3-15,18-19H,16-17H2,1-2H3,(H2,29,31,33);/q;+1/p-1. The number of sulfonamides is 1. The predicted octanol–water partition coefficient (Wildman–Crippen LogP) is 3.33. The van der Waals surface area contributed by atoms with Crippen LogP contribution in [-0.4, -0.2) is 30.5 Å². The maximum Gasteiger partial charge on any atom is 1.00 e. The molecule has 2 amide bonds. The van der Waals surface area contributed by atoms with Crippen LogP contribution in [0.2, 0.25) is 5.02 Å². The van der Waals surface area contributed by atoms with E-state index >= 15 is 0 Å². The number of benzene rings is 3. The van der Waals surface area contributed by atoms with E-state index in [1.807, 2.05) is 60.8 Å². The van der Waals surface area contributed by atoms with Gasteiger partial charge in [0.25, 0.3) is 0 Å². The number of urea groups is 1. The third-order valence-corrected chi connectivity index (χ3v) is 7.06. The second-order valence-corrected chi connectivity index (χ2v) is 10.6. The Morgan fingerprint density at radius 1 is 1.00 bits per heavy atom. The maximum atomic E-state index is 12.2. The van der Waals surface area contributed by atoms with Crippen LogP contribution >= 0.6 is 11.6 Å². The van der Waals surface area contributed by atoms with Crippen LogP contribution in [0.5, 0.6) is 0 Å². The number of rotatable bonds is 8. The molecule has 1 N–H and O–H groups in total. The van der Waals surface area contributed by atoms with Crippen molar-refractivity contribution in [3.8, 4) is 16.9 Å². The van der Waals surface area contributed by atoms with E-state index in [1.165, 1.54) is 24.3 Å². The Morgan fingerprint density at radius 3 is 2.27 bits per heavy atom. The van der Waals surface area contributed by atoms with Gasteiger partial charge < -0.3 is 14.6 Å². The van der Waals surface area contributed by atoms with E-state index in [-0.39, 0.29) is 46.9 Å². The molecule has 186 valence electrons. The molecule has 7 nitrogen and oxygen atoms in total. The fourth-order valence-corrected chi connectivity index (χ4v) is 4.69. The van der Waals surface area contributed by atoms with Crippen LogP contribution in [0, 0.1) is 0 Å². The molecule has 37 heavy (non-hydrogen) atoms. The summed E-state index contributed by atoms with van der Waals surface area (Å²) in [5, 5.41) is 2.93. The SMILES string of the molecule is CC(C)c1nc(-c2ccccc2)cn1-c1ccc(CCNC(=O)[N-]S(=O)(=O)c2ccc(Cl)cc2)cc1.[Na+]. The molecule has 0 aliphatic heterocycles. The summed E-state index contributed by atoms with van der Waals surface area (Å²) >= 11 is 5.78. The van der Waals surface area contributed by atoms with Crippen LogP contribution in [0.3, 0.4) is 0 Å². The molecule has 0 bridgehead atoms. The van der Waals surface area contributed by atoms with Crippen molar-refractivity contribution in [2.75, 3.05) is 6.54 Å². The Morgan fingerprint density at radius 2 is 1.65 bits per heavy atom. The van der Waals surface area contributed by atoms with E-state index in [1.54, 1.807) is 0 Å². The second-order valence-electron chi connectivity index (χ2n) is 8.54. The maximum absolute atomic E-state index is 12.2.